The standard InChI is InChI=1S/C12H18.CO2/c1-5-10-7-6-8-11(9-10)12(2,3)4;2-1-3/h6-9H,5H2,1-4H3;. The number of rotatable bonds is 1. The lowest BCUT2D eigenvalue weighted by atomic mass is 9.86. The molecule has 2 nitrogen and oxygen atoms in total. The fourth-order valence-electron chi connectivity index (χ4n) is 1.26. The van der Waals surface area contributed by atoms with Crippen LogP contribution in [-0.2, 0) is 21.4 Å². The summed E-state index contributed by atoms with van der Waals surface area (Å²) in [6.07, 6.45) is 1.38. The first-order valence-corrected chi connectivity index (χ1v) is 5.04. The molecule has 82 valence electrons. The Morgan fingerprint density at radius 3 is 2.13 bits per heavy atom. The van der Waals surface area contributed by atoms with E-state index in [2.05, 4.69) is 52.0 Å². The lowest BCUT2D eigenvalue weighted by Crippen LogP contribution is -2.10. The van der Waals surface area contributed by atoms with E-state index in [1.54, 1.807) is 0 Å². The highest BCUT2D eigenvalue weighted by Crippen LogP contribution is 2.22. The van der Waals surface area contributed by atoms with Crippen LogP contribution < -0.4 is 0 Å². The van der Waals surface area contributed by atoms with Crippen LogP contribution in [-0.4, -0.2) is 6.15 Å². The van der Waals surface area contributed by atoms with Crippen molar-refractivity contribution in [2.45, 2.75) is 39.5 Å². The Balaban J connectivity index is 0.000000583. The maximum atomic E-state index is 8.12. The predicted octanol–water partition coefficient (Wildman–Crippen LogP) is 2.96. The quantitative estimate of drug-likeness (QED) is 0.708. The third-order valence-corrected chi connectivity index (χ3v) is 2.20. The average molecular weight is 206 g/mol. The lowest BCUT2D eigenvalue weighted by molar-refractivity contribution is -0.191. The molecular weight excluding hydrogens is 188 g/mol. The Morgan fingerprint density at radius 2 is 1.73 bits per heavy atom. The number of benzene rings is 1. The molecular formula is C13H18O2. The summed E-state index contributed by atoms with van der Waals surface area (Å²) in [5, 5.41) is 0. The van der Waals surface area contributed by atoms with E-state index >= 15 is 0 Å². The largest absolute Gasteiger partial charge is 0.373 e. The molecule has 0 saturated heterocycles. The van der Waals surface area contributed by atoms with Crippen molar-refractivity contribution in [2.75, 3.05) is 0 Å². The Kier molecular flexibility index (Phi) is 5.58. The molecule has 0 saturated carbocycles. The maximum Gasteiger partial charge on any atom is 0.373 e. The van der Waals surface area contributed by atoms with Gasteiger partial charge in [-0.25, -0.2) is 0 Å². The molecule has 0 unspecified atom stereocenters. The van der Waals surface area contributed by atoms with Gasteiger partial charge in [0.1, 0.15) is 0 Å². The van der Waals surface area contributed by atoms with Gasteiger partial charge in [-0.2, -0.15) is 9.59 Å². The summed E-state index contributed by atoms with van der Waals surface area (Å²) in [5.41, 5.74) is 3.15. The van der Waals surface area contributed by atoms with Crippen molar-refractivity contribution in [1.82, 2.24) is 0 Å². The minimum absolute atomic E-state index is 0.250. The van der Waals surface area contributed by atoms with Gasteiger partial charge in [0.25, 0.3) is 0 Å². The summed E-state index contributed by atoms with van der Waals surface area (Å²) in [5.74, 6) is 0. The molecule has 0 atom stereocenters. The second-order valence-corrected chi connectivity index (χ2v) is 4.39. The molecule has 0 radical (unpaired) electrons. The van der Waals surface area contributed by atoms with Crippen LogP contribution in [0.4, 0.5) is 0 Å². The number of hydrogen-bond acceptors (Lipinski definition) is 2. The van der Waals surface area contributed by atoms with Crippen LogP contribution in [0.5, 0.6) is 0 Å². The Hall–Kier alpha value is -1.40. The van der Waals surface area contributed by atoms with Crippen molar-refractivity contribution >= 4 is 6.15 Å². The van der Waals surface area contributed by atoms with E-state index in [0.29, 0.717) is 0 Å². The van der Waals surface area contributed by atoms with Crippen molar-refractivity contribution in [3.8, 4) is 0 Å². The minimum atomic E-state index is 0.250. The van der Waals surface area contributed by atoms with E-state index in [1.807, 2.05) is 0 Å². The summed E-state index contributed by atoms with van der Waals surface area (Å²) in [4.78, 5) is 16.2. The molecule has 0 aliphatic rings. The molecule has 0 aliphatic carbocycles. The van der Waals surface area contributed by atoms with E-state index in [4.69, 9.17) is 9.59 Å². The monoisotopic (exact) mass is 206 g/mol. The molecule has 0 spiro atoms. The molecule has 0 fully saturated rings. The van der Waals surface area contributed by atoms with E-state index in [9.17, 15) is 0 Å². The summed E-state index contributed by atoms with van der Waals surface area (Å²) < 4.78 is 0. The second-order valence-electron chi connectivity index (χ2n) is 4.39. The van der Waals surface area contributed by atoms with Crippen molar-refractivity contribution < 1.29 is 9.59 Å². The molecule has 1 rings (SSSR count). The fourth-order valence-corrected chi connectivity index (χ4v) is 1.26. The Labute approximate surface area is 91.3 Å². The number of carbonyl (C=O) groups excluding carboxylic acids is 2. The van der Waals surface area contributed by atoms with Gasteiger partial charge < -0.3 is 0 Å². The molecule has 0 N–H and O–H groups in total. The van der Waals surface area contributed by atoms with Gasteiger partial charge in [0.05, 0.1) is 0 Å². The third-order valence-electron chi connectivity index (χ3n) is 2.20. The van der Waals surface area contributed by atoms with E-state index in [1.165, 1.54) is 11.1 Å². The van der Waals surface area contributed by atoms with Gasteiger partial charge >= 0.3 is 6.15 Å². The first-order valence-electron chi connectivity index (χ1n) is 5.04. The molecule has 2 heteroatoms. The average Bonchev–Trinajstić information content (AvgIpc) is 2.18. The topological polar surface area (TPSA) is 34.1 Å². The van der Waals surface area contributed by atoms with Crippen LogP contribution in [0.1, 0.15) is 38.8 Å². The molecule has 0 amide bonds. The molecule has 1 aromatic rings. The van der Waals surface area contributed by atoms with Gasteiger partial charge in [-0.05, 0) is 23.0 Å². The van der Waals surface area contributed by atoms with E-state index < -0.39 is 0 Å². The molecule has 0 aromatic heterocycles. The van der Waals surface area contributed by atoms with E-state index in [0.717, 1.165) is 6.42 Å². The highest BCUT2D eigenvalue weighted by atomic mass is 16.2. The smallest absolute Gasteiger partial charge is 0.186 e. The van der Waals surface area contributed by atoms with Gasteiger partial charge in [0, 0.05) is 0 Å². The first-order chi connectivity index (χ1) is 6.95. The van der Waals surface area contributed by atoms with E-state index in [-0.39, 0.29) is 11.6 Å². The zero-order chi connectivity index (χ0) is 11.9. The second kappa shape index (κ2) is 6.15. The van der Waals surface area contributed by atoms with Gasteiger partial charge in [-0.15, -0.1) is 0 Å². The van der Waals surface area contributed by atoms with Crippen molar-refractivity contribution in [2.24, 2.45) is 0 Å². The number of hydrogen-bond donors (Lipinski definition) is 0. The Morgan fingerprint density at radius 1 is 1.20 bits per heavy atom. The van der Waals surface area contributed by atoms with Crippen molar-refractivity contribution in [1.29, 1.82) is 0 Å². The van der Waals surface area contributed by atoms with Crippen molar-refractivity contribution in [3.05, 3.63) is 35.4 Å². The highest BCUT2D eigenvalue weighted by molar-refractivity contribution is 5.28. The van der Waals surface area contributed by atoms with Gasteiger partial charge in [-0.1, -0.05) is 52.0 Å². The SMILES string of the molecule is CCc1cccc(C(C)(C)C)c1.O=C=O. The van der Waals surface area contributed by atoms with Gasteiger partial charge in [0.2, 0.25) is 0 Å². The van der Waals surface area contributed by atoms with Gasteiger partial charge in [-0.3, -0.25) is 0 Å². The molecule has 0 bridgehead atoms. The molecule has 1 aromatic carbocycles. The van der Waals surface area contributed by atoms with Gasteiger partial charge in [0.15, 0.2) is 0 Å². The zero-order valence-corrected chi connectivity index (χ0v) is 9.83. The third kappa shape index (κ3) is 5.14. The summed E-state index contributed by atoms with van der Waals surface area (Å²) in [6, 6.07) is 8.85. The number of aryl methyl sites for hydroxylation is 1. The minimum Gasteiger partial charge on any atom is -0.186 e. The molecule has 15 heavy (non-hydrogen) atoms. The van der Waals surface area contributed by atoms with Crippen LogP contribution in [0, 0.1) is 0 Å². The Bertz CT molecular complexity index is 329. The summed E-state index contributed by atoms with van der Waals surface area (Å²) in [7, 11) is 0. The highest BCUT2D eigenvalue weighted by Gasteiger charge is 2.12. The fraction of sp³-hybridized carbons (Fsp3) is 0.462. The first kappa shape index (κ1) is 13.6. The van der Waals surface area contributed by atoms with Crippen LogP contribution in [0.25, 0.3) is 0 Å². The molecule has 0 heterocycles. The normalized spacial score (nSPS) is 9.87. The predicted molar refractivity (Wildman–Crippen MR) is 59.5 cm³/mol. The zero-order valence-electron chi connectivity index (χ0n) is 9.83. The molecule has 0 aliphatic heterocycles. The maximum absolute atomic E-state index is 8.12. The van der Waals surface area contributed by atoms with Crippen LogP contribution in [0.3, 0.4) is 0 Å². The van der Waals surface area contributed by atoms with Crippen molar-refractivity contribution in [3.63, 3.8) is 0 Å². The summed E-state index contributed by atoms with van der Waals surface area (Å²) in [6.45, 7) is 8.95. The van der Waals surface area contributed by atoms with Crippen LogP contribution >= 0.6 is 0 Å². The lowest BCUT2D eigenvalue weighted by Gasteiger charge is -2.19. The summed E-state index contributed by atoms with van der Waals surface area (Å²) >= 11 is 0. The van der Waals surface area contributed by atoms with Crippen LogP contribution in [0.2, 0.25) is 0 Å². The van der Waals surface area contributed by atoms with Crippen LogP contribution in [0.15, 0.2) is 24.3 Å².